The highest BCUT2D eigenvalue weighted by molar-refractivity contribution is 7.99. The van der Waals surface area contributed by atoms with E-state index >= 15 is 0 Å². The van der Waals surface area contributed by atoms with Crippen LogP contribution in [-0.2, 0) is 13.0 Å². The number of carbonyl (C=O) groups is 1. The van der Waals surface area contributed by atoms with Gasteiger partial charge in [-0.2, -0.15) is 16.7 Å². The van der Waals surface area contributed by atoms with Gasteiger partial charge in [0.2, 0.25) is 0 Å². The molecule has 2 heterocycles. The second-order valence-electron chi connectivity index (χ2n) is 3.84. The molecule has 2 N–H and O–H groups in total. The molecular weight excluding hydrogens is 256 g/mol. The van der Waals surface area contributed by atoms with Crippen molar-refractivity contribution in [2.24, 2.45) is 0 Å². The average molecular weight is 272 g/mol. The molecule has 1 fully saturated rings. The van der Waals surface area contributed by atoms with E-state index in [1.165, 1.54) is 0 Å². The van der Waals surface area contributed by atoms with E-state index in [9.17, 15) is 4.79 Å². The standard InChI is InChI=1S/C10H16N4O3S/c15-7-9-12-8(13-17-9)1-2-11-10(16)14-3-5-18-6-4-14/h15H,1-7H2,(H,11,16). The molecule has 1 aliphatic rings. The Morgan fingerprint density at radius 3 is 2.94 bits per heavy atom. The molecule has 0 saturated carbocycles. The van der Waals surface area contributed by atoms with E-state index in [2.05, 4.69) is 15.5 Å². The summed E-state index contributed by atoms with van der Waals surface area (Å²) in [5, 5.41) is 15.3. The summed E-state index contributed by atoms with van der Waals surface area (Å²) in [5.74, 6) is 2.69. The zero-order valence-corrected chi connectivity index (χ0v) is 10.8. The van der Waals surface area contributed by atoms with Crippen molar-refractivity contribution in [2.75, 3.05) is 31.1 Å². The van der Waals surface area contributed by atoms with Crippen LogP contribution in [0.1, 0.15) is 11.7 Å². The van der Waals surface area contributed by atoms with Crippen LogP contribution in [0.25, 0.3) is 0 Å². The second-order valence-corrected chi connectivity index (χ2v) is 5.07. The number of aliphatic hydroxyl groups is 1. The zero-order chi connectivity index (χ0) is 12.8. The third-order valence-corrected chi connectivity index (χ3v) is 3.51. The summed E-state index contributed by atoms with van der Waals surface area (Å²) in [5.41, 5.74) is 0. The Morgan fingerprint density at radius 2 is 2.28 bits per heavy atom. The lowest BCUT2D eigenvalue weighted by atomic mass is 10.4. The molecule has 0 aliphatic carbocycles. The van der Waals surface area contributed by atoms with E-state index in [0.29, 0.717) is 18.8 Å². The van der Waals surface area contributed by atoms with Gasteiger partial charge in [0.05, 0.1) is 0 Å². The van der Waals surface area contributed by atoms with Crippen molar-refractivity contribution in [1.82, 2.24) is 20.4 Å². The molecule has 1 saturated heterocycles. The molecule has 100 valence electrons. The van der Waals surface area contributed by atoms with Gasteiger partial charge in [-0.05, 0) is 0 Å². The maximum Gasteiger partial charge on any atom is 0.317 e. The van der Waals surface area contributed by atoms with E-state index in [0.717, 1.165) is 24.6 Å². The number of carbonyl (C=O) groups excluding carboxylic acids is 1. The molecule has 2 rings (SSSR count). The van der Waals surface area contributed by atoms with Crippen molar-refractivity contribution in [2.45, 2.75) is 13.0 Å². The van der Waals surface area contributed by atoms with E-state index in [-0.39, 0.29) is 18.5 Å². The average Bonchev–Trinajstić information content (AvgIpc) is 2.87. The molecule has 1 aliphatic heterocycles. The Bertz CT molecular complexity index is 392. The molecule has 0 bridgehead atoms. The van der Waals surface area contributed by atoms with Gasteiger partial charge in [0.1, 0.15) is 6.61 Å². The molecular formula is C10H16N4O3S. The van der Waals surface area contributed by atoms with E-state index in [1.54, 1.807) is 0 Å². The van der Waals surface area contributed by atoms with Crippen LogP contribution in [0.5, 0.6) is 0 Å². The largest absolute Gasteiger partial charge is 0.387 e. The summed E-state index contributed by atoms with van der Waals surface area (Å²) in [6.07, 6.45) is 0.498. The molecule has 0 spiro atoms. The fourth-order valence-corrected chi connectivity index (χ4v) is 2.52. The molecule has 0 aromatic carbocycles. The van der Waals surface area contributed by atoms with Gasteiger partial charge < -0.3 is 19.8 Å². The van der Waals surface area contributed by atoms with Crippen LogP contribution in [0.4, 0.5) is 4.79 Å². The minimum atomic E-state index is -0.259. The highest BCUT2D eigenvalue weighted by Crippen LogP contribution is 2.08. The van der Waals surface area contributed by atoms with Crippen molar-refractivity contribution in [3.05, 3.63) is 11.7 Å². The van der Waals surface area contributed by atoms with Crippen molar-refractivity contribution in [3.63, 3.8) is 0 Å². The first-order chi connectivity index (χ1) is 8.79. The van der Waals surface area contributed by atoms with Gasteiger partial charge in [0, 0.05) is 37.6 Å². The van der Waals surface area contributed by atoms with E-state index in [4.69, 9.17) is 9.63 Å². The Morgan fingerprint density at radius 1 is 1.50 bits per heavy atom. The highest BCUT2D eigenvalue weighted by Gasteiger charge is 2.16. The van der Waals surface area contributed by atoms with Crippen molar-refractivity contribution in [1.29, 1.82) is 0 Å². The van der Waals surface area contributed by atoms with Crippen LogP contribution in [-0.4, -0.2) is 57.3 Å². The number of hydrogen-bond acceptors (Lipinski definition) is 6. The first-order valence-corrected chi connectivity index (χ1v) is 6.98. The number of aliphatic hydroxyl groups excluding tert-OH is 1. The SMILES string of the molecule is O=C(NCCc1noc(CO)n1)N1CCSCC1. The minimum Gasteiger partial charge on any atom is -0.387 e. The number of hydrogen-bond donors (Lipinski definition) is 2. The predicted molar refractivity (Wildman–Crippen MR) is 66.2 cm³/mol. The number of urea groups is 1. The molecule has 0 radical (unpaired) electrons. The number of amides is 2. The molecule has 2 amide bonds. The summed E-state index contributed by atoms with van der Waals surface area (Å²) >= 11 is 1.86. The van der Waals surface area contributed by atoms with Gasteiger partial charge in [0.25, 0.3) is 5.89 Å². The van der Waals surface area contributed by atoms with Crippen LogP contribution < -0.4 is 5.32 Å². The lowest BCUT2D eigenvalue weighted by molar-refractivity contribution is 0.203. The summed E-state index contributed by atoms with van der Waals surface area (Å²) < 4.78 is 4.75. The smallest absolute Gasteiger partial charge is 0.317 e. The predicted octanol–water partition coefficient (Wildman–Crippen LogP) is -0.137. The molecule has 8 heteroatoms. The quantitative estimate of drug-likeness (QED) is 0.793. The maximum absolute atomic E-state index is 11.8. The van der Waals surface area contributed by atoms with Gasteiger partial charge in [-0.3, -0.25) is 0 Å². The third-order valence-electron chi connectivity index (χ3n) is 2.57. The van der Waals surface area contributed by atoms with Gasteiger partial charge in [0.15, 0.2) is 5.82 Å². The van der Waals surface area contributed by atoms with Gasteiger partial charge in [-0.15, -0.1) is 0 Å². The Hall–Kier alpha value is -1.28. The second kappa shape index (κ2) is 6.60. The lowest BCUT2D eigenvalue weighted by Gasteiger charge is -2.26. The summed E-state index contributed by atoms with van der Waals surface area (Å²) in [6.45, 7) is 1.80. The molecule has 1 aromatic rings. The van der Waals surface area contributed by atoms with Crippen LogP contribution in [0.2, 0.25) is 0 Å². The van der Waals surface area contributed by atoms with Gasteiger partial charge >= 0.3 is 6.03 Å². The lowest BCUT2D eigenvalue weighted by Crippen LogP contribution is -2.44. The number of aromatic nitrogens is 2. The number of rotatable bonds is 4. The molecule has 18 heavy (non-hydrogen) atoms. The molecule has 0 atom stereocenters. The van der Waals surface area contributed by atoms with E-state index < -0.39 is 0 Å². The number of nitrogens with one attached hydrogen (secondary N) is 1. The molecule has 7 nitrogen and oxygen atoms in total. The highest BCUT2D eigenvalue weighted by atomic mass is 32.2. The Kier molecular flexibility index (Phi) is 4.82. The first kappa shape index (κ1) is 13.2. The van der Waals surface area contributed by atoms with Crippen molar-refractivity contribution in [3.8, 4) is 0 Å². The molecule has 0 unspecified atom stereocenters. The monoisotopic (exact) mass is 272 g/mol. The number of thioether (sulfide) groups is 1. The van der Waals surface area contributed by atoms with Gasteiger partial charge in [-0.1, -0.05) is 5.16 Å². The van der Waals surface area contributed by atoms with Crippen LogP contribution in [0.3, 0.4) is 0 Å². The summed E-state index contributed by atoms with van der Waals surface area (Å²) in [6, 6.07) is -0.0406. The van der Waals surface area contributed by atoms with Gasteiger partial charge in [-0.25, -0.2) is 4.79 Å². The summed E-state index contributed by atoms with van der Waals surface area (Å²) in [4.78, 5) is 17.5. The van der Waals surface area contributed by atoms with Crippen molar-refractivity contribution >= 4 is 17.8 Å². The van der Waals surface area contributed by atoms with E-state index in [1.807, 2.05) is 16.7 Å². The first-order valence-electron chi connectivity index (χ1n) is 5.82. The fourth-order valence-electron chi connectivity index (χ4n) is 1.62. The minimum absolute atomic E-state index is 0.0406. The third kappa shape index (κ3) is 3.61. The molecule has 1 aromatic heterocycles. The maximum atomic E-state index is 11.8. The van der Waals surface area contributed by atoms with Crippen LogP contribution in [0.15, 0.2) is 4.52 Å². The zero-order valence-electron chi connectivity index (χ0n) is 9.96. The Labute approximate surface area is 109 Å². The summed E-state index contributed by atoms with van der Waals surface area (Å²) in [7, 11) is 0. The normalized spacial score (nSPS) is 15.7. The Balaban J connectivity index is 1.69. The van der Waals surface area contributed by atoms with Crippen molar-refractivity contribution < 1.29 is 14.4 Å². The topological polar surface area (TPSA) is 91.5 Å². The van der Waals surface area contributed by atoms with Crippen LogP contribution >= 0.6 is 11.8 Å². The fraction of sp³-hybridized carbons (Fsp3) is 0.700. The van der Waals surface area contributed by atoms with Crippen LogP contribution in [0, 0.1) is 0 Å². The number of nitrogens with zero attached hydrogens (tertiary/aromatic N) is 3.